The number of fused-ring (bicyclic) bond motifs is 2. The van der Waals surface area contributed by atoms with E-state index in [-0.39, 0.29) is 17.7 Å². The molecule has 2 heterocycles. The Morgan fingerprint density at radius 1 is 1.00 bits per heavy atom. The zero-order chi connectivity index (χ0) is 17.4. The molecule has 7 nitrogen and oxygen atoms in total. The fraction of sp³-hybridized carbons (Fsp3) is 0.0556. The Kier molecular flexibility index (Phi) is 3.46. The number of benzene rings is 2. The van der Waals surface area contributed by atoms with Crippen molar-refractivity contribution in [1.29, 1.82) is 0 Å². The number of ether oxygens (including phenoxy) is 1. The Balaban J connectivity index is 1.43. The van der Waals surface area contributed by atoms with Gasteiger partial charge in [0, 0.05) is 22.7 Å². The van der Waals surface area contributed by atoms with Crippen LogP contribution in [0.2, 0.25) is 0 Å². The van der Waals surface area contributed by atoms with Crippen molar-refractivity contribution in [3.63, 3.8) is 0 Å². The number of amides is 3. The van der Waals surface area contributed by atoms with Crippen molar-refractivity contribution in [2.24, 2.45) is 0 Å². The number of hydrogen-bond acceptors (Lipinski definition) is 4. The minimum atomic E-state index is -0.875. The Morgan fingerprint density at radius 3 is 2.36 bits per heavy atom. The number of nitrogens with one attached hydrogen (secondary N) is 2. The van der Waals surface area contributed by atoms with Crippen molar-refractivity contribution >= 4 is 28.8 Å². The second kappa shape index (κ2) is 5.79. The molecular formula is C18H13N3O4. The first-order chi connectivity index (χ1) is 12.1. The van der Waals surface area contributed by atoms with E-state index < -0.39 is 17.9 Å². The van der Waals surface area contributed by atoms with Gasteiger partial charge in [-0.05, 0) is 18.2 Å². The summed E-state index contributed by atoms with van der Waals surface area (Å²) in [6, 6.07) is 14.0. The minimum absolute atomic E-state index is 0.0129. The van der Waals surface area contributed by atoms with Crippen molar-refractivity contribution in [2.75, 3.05) is 0 Å². The number of imide groups is 1. The van der Waals surface area contributed by atoms with Crippen LogP contribution in [-0.4, -0.2) is 27.9 Å². The summed E-state index contributed by atoms with van der Waals surface area (Å²) in [6.07, 6.45) is 0.875. The van der Waals surface area contributed by atoms with Gasteiger partial charge >= 0.3 is 6.09 Å². The number of hydrogen-bond donors (Lipinski definition) is 2. The molecule has 2 aromatic carbocycles. The van der Waals surface area contributed by atoms with Gasteiger partial charge in [-0.15, -0.1) is 0 Å². The largest absolute Gasteiger partial charge is 0.443 e. The smallest absolute Gasteiger partial charge is 0.426 e. The van der Waals surface area contributed by atoms with Crippen molar-refractivity contribution in [3.8, 4) is 0 Å². The van der Waals surface area contributed by atoms with E-state index >= 15 is 0 Å². The zero-order valence-corrected chi connectivity index (χ0v) is 13.0. The quantitative estimate of drug-likeness (QED) is 0.720. The van der Waals surface area contributed by atoms with Gasteiger partial charge in [-0.25, -0.2) is 10.2 Å². The van der Waals surface area contributed by atoms with E-state index in [0.29, 0.717) is 5.01 Å². The van der Waals surface area contributed by atoms with Crippen LogP contribution in [0, 0.1) is 0 Å². The molecule has 0 bridgehead atoms. The molecule has 0 saturated heterocycles. The number of aromatic nitrogens is 1. The maximum absolute atomic E-state index is 12.2. The monoisotopic (exact) mass is 335 g/mol. The summed E-state index contributed by atoms with van der Waals surface area (Å²) in [7, 11) is 0. The maximum Gasteiger partial charge on any atom is 0.426 e. The molecule has 7 heteroatoms. The molecule has 0 saturated carbocycles. The highest BCUT2D eigenvalue weighted by Crippen LogP contribution is 2.21. The lowest BCUT2D eigenvalue weighted by molar-refractivity contribution is 0.0522. The van der Waals surface area contributed by atoms with Crippen LogP contribution >= 0.6 is 0 Å². The molecule has 25 heavy (non-hydrogen) atoms. The van der Waals surface area contributed by atoms with Crippen LogP contribution in [-0.2, 0) is 11.3 Å². The van der Waals surface area contributed by atoms with E-state index in [9.17, 15) is 14.4 Å². The topological polar surface area (TPSA) is 91.5 Å². The number of H-pyrrole nitrogens is 1. The Morgan fingerprint density at radius 2 is 1.64 bits per heavy atom. The van der Waals surface area contributed by atoms with Crippen LogP contribution < -0.4 is 5.43 Å². The predicted molar refractivity (Wildman–Crippen MR) is 88.6 cm³/mol. The number of para-hydroxylation sites is 1. The van der Waals surface area contributed by atoms with E-state index in [4.69, 9.17) is 4.74 Å². The first-order valence-electron chi connectivity index (χ1n) is 7.61. The number of rotatable bonds is 3. The molecule has 0 atom stereocenters. The van der Waals surface area contributed by atoms with Gasteiger partial charge in [-0.3, -0.25) is 9.59 Å². The van der Waals surface area contributed by atoms with E-state index in [1.807, 2.05) is 24.3 Å². The van der Waals surface area contributed by atoms with Gasteiger partial charge < -0.3 is 9.72 Å². The van der Waals surface area contributed by atoms with Gasteiger partial charge in [-0.2, -0.15) is 5.01 Å². The highest BCUT2D eigenvalue weighted by Gasteiger charge is 2.36. The molecule has 2 N–H and O–H groups in total. The molecule has 0 radical (unpaired) electrons. The SMILES string of the molecule is O=C(NN1C(=O)c2ccccc2C1=O)OCc1c[nH]c2ccccc12. The molecule has 1 aliphatic heterocycles. The van der Waals surface area contributed by atoms with Crippen LogP contribution in [0.4, 0.5) is 4.79 Å². The highest BCUT2D eigenvalue weighted by molar-refractivity contribution is 6.21. The van der Waals surface area contributed by atoms with Gasteiger partial charge in [0.2, 0.25) is 0 Å². The van der Waals surface area contributed by atoms with Crippen LogP contribution in [0.5, 0.6) is 0 Å². The van der Waals surface area contributed by atoms with Crippen LogP contribution in [0.15, 0.2) is 54.7 Å². The Hall–Kier alpha value is -3.61. The molecule has 3 aromatic rings. The van der Waals surface area contributed by atoms with Crippen LogP contribution in [0.1, 0.15) is 26.3 Å². The molecule has 4 rings (SSSR count). The summed E-state index contributed by atoms with van der Waals surface area (Å²) in [4.78, 5) is 39.4. The average Bonchev–Trinajstić information content (AvgIpc) is 3.15. The standard InChI is InChI=1S/C18H13N3O4/c22-16-13-6-1-2-7-14(13)17(23)21(16)20-18(24)25-10-11-9-19-15-8-4-3-5-12(11)15/h1-9,19H,10H2,(H,20,24). The summed E-state index contributed by atoms with van der Waals surface area (Å²) >= 11 is 0. The average molecular weight is 335 g/mol. The van der Waals surface area contributed by atoms with Gasteiger partial charge in [-0.1, -0.05) is 30.3 Å². The van der Waals surface area contributed by atoms with E-state index in [1.54, 1.807) is 18.3 Å². The number of carbonyl (C=O) groups excluding carboxylic acids is 3. The summed E-state index contributed by atoms with van der Waals surface area (Å²) < 4.78 is 5.14. The highest BCUT2D eigenvalue weighted by atomic mass is 16.6. The van der Waals surface area contributed by atoms with Crippen molar-refractivity contribution in [3.05, 3.63) is 71.4 Å². The molecule has 1 aromatic heterocycles. The fourth-order valence-corrected chi connectivity index (χ4v) is 2.81. The van der Waals surface area contributed by atoms with E-state index in [0.717, 1.165) is 16.5 Å². The maximum atomic E-state index is 12.2. The summed E-state index contributed by atoms with van der Waals surface area (Å²) in [5, 5.41) is 1.61. The molecule has 0 unspecified atom stereocenters. The lowest BCUT2D eigenvalue weighted by Crippen LogP contribution is -2.46. The molecule has 124 valence electrons. The lowest BCUT2D eigenvalue weighted by atomic mass is 10.1. The molecule has 1 aliphatic rings. The van der Waals surface area contributed by atoms with Crippen molar-refractivity contribution < 1.29 is 19.1 Å². The minimum Gasteiger partial charge on any atom is -0.443 e. The first kappa shape index (κ1) is 14.9. The normalized spacial score (nSPS) is 13.2. The number of nitrogens with zero attached hydrogens (tertiary/aromatic N) is 1. The molecule has 0 spiro atoms. The van der Waals surface area contributed by atoms with Gasteiger partial charge in [0.05, 0.1) is 11.1 Å². The number of carbonyl (C=O) groups is 3. The Bertz CT molecular complexity index is 973. The predicted octanol–water partition coefficient (Wildman–Crippen LogP) is 2.61. The molecule has 0 aliphatic carbocycles. The number of hydrazine groups is 1. The third kappa shape index (κ3) is 2.51. The van der Waals surface area contributed by atoms with Crippen molar-refractivity contribution in [2.45, 2.75) is 6.61 Å². The van der Waals surface area contributed by atoms with E-state index in [1.165, 1.54) is 12.1 Å². The first-order valence-corrected chi connectivity index (χ1v) is 7.61. The summed E-state index contributed by atoms with van der Waals surface area (Å²) in [6.45, 7) is 0.0129. The van der Waals surface area contributed by atoms with Crippen molar-refractivity contribution in [1.82, 2.24) is 15.4 Å². The van der Waals surface area contributed by atoms with Gasteiger partial charge in [0.15, 0.2) is 0 Å². The second-order valence-electron chi connectivity index (χ2n) is 5.54. The summed E-state index contributed by atoms with van der Waals surface area (Å²) in [5.74, 6) is -1.16. The summed E-state index contributed by atoms with van der Waals surface area (Å²) in [5.41, 5.74) is 4.44. The van der Waals surface area contributed by atoms with Gasteiger partial charge in [0.25, 0.3) is 11.8 Å². The molecule has 0 fully saturated rings. The lowest BCUT2D eigenvalue weighted by Gasteiger charge is -2.14. The second-order valence-corrected chi connectivity index (χ2v) is 5.54. The molecule has 3 amide bonds. The third-order valence-corrected chi connectivity index (χ3v) is 4.03. The van der Waals surface area contributed by atoms with Gasteiger partial charge in [0.1, 0.15) is 6.61 Å². The Labute approximate surface area is 142 Å². The van der Waals surface area contributed by atoms with E-state index in [2.05, 4.69) is 10.4 Å². The number of aromatic amines is 1. The fourth-order valence-electron chi connectivity index (χ4n) is 2.81. The third-order valence-electron chi connectivity index (χ3n) is 4.03. The van der Waals surface area contributed by atoms with Crippen LogP contribution in [0.25, 0.3) is 10.9 Å². The van der Waals surface area contributed by atoms with Crippen LogP contribution in [0.3, 0.4) is 0 Å². The molecular weight excluding hydrogens is 322 g/mol. The zero-order valence-electron chi connectivity index (χ0n) is 13.0.